The number of ether oxygens (including phenoxy) is 2. The van der Waals surface area contributed by atoms with E-state index in [2.05, 4.69) is 19.7 Å². The molecule has 0 spiro atoms. The first-order chi connectivity index (χ1) is 12.6. The Labute approximate surface area is 160 Å². The first-order valence-corrected chi connectivity index (χ1v) is 8.15. The smallest absolute Gasteiger partial charge is 0.333 e. The van der Waals surface area contributed by atoms with E-state index < -0.39 is 5.97 Å². The molecular formula is C21H28O6. The van der Waals surface area contributed by atoms with Crippen molar-refractivity contribution in [2.45, 2.75) is 27.4 Å². The van der Waals surface area contributed by atoms with Gasteiger partial charge in [0.15, 0.2) is 0 Å². The van der Waals surface area contributed by atoms with Crippen molar-refractivity contribution in [2.24, 2.45) is 5.92 Å². The third-order valence-electron chi connectivity index (χ3n) is 2.46. The van der Waals surface area contributed by atoms with Crippen LogP contribution in [0.15, 0.2) is 67.8 Å². The molecule has 27 heavy (non-hydrogen) atoms. The van der Waals surface area contributed by atoms with Gasteiger partial charge in [-0.25, -0.2) is 14.4 Å². The lowest BCUT2D eigenvalue weighted by atomic mass is 10.2. The highest BCUT2D eigenvalue weighted by Crippen LogP contribution is 2.00. The van der Waals surface area contributed by atoms with Crippen LogP contribution < -0.4 is 0 Å². The molecule has 0 saturated heterocycles. The predicted octanol–water partition coefficient (Wildman–Crippen LogP) is 3.93. The summed E-state index contributed by atoms with van der Waals surface area (Å²) in [6.45, 7) is 16.1. The molecule has 0 saturated carbocycles. The summed E-state index contributed by atoms with van der Waals surface area (Å²) >= 11 is 0. The summed E-state index contributed by atoms with van der Waals surface area (Å²) in [5.41, 5.74) is 1.44. The topological polar surface area (TPSA) is 89.9 Å². The second-order valence-corrected chi connectivity index (χ2v) is 5.61. The lowest BCUT2D eigenvalue weighted by Crippen LogP contribution is -2.09. The number of rotatable bonds is 7. The standard InChI is InChI=1S/C10H10O2.C8H14O2.C3H4O2/c1-2-10(11)12-8-9-6-4-3-5-7-9;1-6(2)5-10-8(9)7(3)4;1-2-3(4)5/h2-7H,1,8H2;6H,3,5H2,1-2,4H3;2H,1H2,(H,4,5). The molecule has 0 aliphatic heterocycles. The van der Waals surface area contributed by atoms with Gasteiger partial charge in [0.05, 0.1) is 6.61 Å². The molecule has 1 N–H and O–H groups in total. The van der Waals surface area contributed by atoms with Crippen LogP contribution in [0.1, 0.15) is 26.3 Å². The molecule has 0 aliphatic carbocycles. The lowest BCUT2D eigenvalue weighted by molar-refractivity contribution is -0.140. The Morgan fingerprint density at radius 3 is 1.96 bits per heavy atom. The minimum Gasteiger partial charge on any atom is -0.478 e. The first-order valence-electron chi connectivity index (χ1n) is 8.15. The minimum atomic E-state index is -0.981. The molecule has 0 aliphatic rings. The fourth-order valence-corrected chi connectivity index (χ4v) is 1.15. The van der Waals surface area contributed by atoms with E-state index in [0.29, 0.717) is 24.7 Å². The summed E-state index contributed by atoms with van der Waals surface area (Å²) in [5, 5.41) is 7.60. The van der Waals surface area contributed by atoms with Crippen molar-refractivity contribution in [2.75, 3.05) is 6.61 Å². The van der Waals surface area contributed by atoms with Crippen LogP contribution in [0.5, 0.6) is 0 Å². The molecule has 0 unspecified atom stereocenters. The van der Waals surface area contributed by atoms with Crippen molar-refractivity contribution < 1.29 is 29.0 Å². The van der Waals surface area contributed by atoms with Crippen molar-refractivity contribution in [1.29, 1.82) is 0 Å². The molecule has 148 valence electrons. The highest BCUT2D eigenvalue weighted by molar-refractivity contribution is 5.86. The molecule has 1 aromatic carbocycles. The highest BCUT2D eigenvalue weighted by atomic mass is 16.5. The Kier molecular flexibility index (Phi) is 15.8. The van der Waals surface area contributed by atoms with Crippen molar-refractivity contribution in [3.05, 3.63) is 73.4 Å². The third-order valence-corrected chi connectivity index (χ3v) is 2.46. The van der Waals surface area contributed by atoms with Gasteiger partial charge in [0.1, 0.15) is 6.61 Å². The Bertz CT molecular complexity index is 617. The van der Waals surface area contributed by atoms with E-state index in [-0.39, 0.29) is 11.9 Å². The SMILES string of the molecule is C=C(C)C(=O)OCC(C)C.C=CC(=O)O.C=CC(=O)OCc1ccccc1. The predicted molar refractivity (Wildman–Crippen MR) is 105 cm³/mol. The van der Waals surface area contributed by atoms with E-state index in [9.17, 15) is 14.4 Å². The fourth-order valence-electron chi connectivity index (χ4n) is 1.15. The second kappa shape index (κ2) is 16.3. The van der Waals surface area contributed by atoms with E-state index in [0.717, 1.165) is 17.7 Å². The Balaban J connectivity index is 0. The van der Waals surface area contributed by atoms with Crippen LogP contribution in [0.2, 0.25) is 0 Å². The van der Waals surface area contributed by atoms with Gasteiger partial charge in [0.2, 0.25) is 0 Å². The van der Waals surface area contributed by atoms with E-state index in [1.165, 1.54) is 0 Å². The van der Waals surface area contributed by atoms with Gasteiger partial charge in [-0.05, 0) is 18.4 Å². The maximum atomic E-state index is 10.7. The van der Waals surface area contributed by atoms with Crippen molar-refractivity contribution in [3.63, 3.8) is 0 Å². The van der Waals surface area contributed by atoms with Gasteiger partial charge in [0.25, 0.3) is 0 Å². The Morgan fingerprint density at radius 2 is 1.59 bits per heavy atom. The average molecular weight is 376 g/mol. The minimum absolute atomic E-state index is 0.297. The van der Waals surface area contributed by atoms with Gasteiger partial charge in [-0.15, -0.1) is 0 Å². The van der Waals surface area contributed by atoms with Gasteiger partial charge < -0.3 is 14.6 Å². The van der Waals surface area contributed by atoms with E-state index in [1.54, 1.807) is 6.92 Å². The number of carboxylic acids is 1. The van der Waals surface area contributed by atoms with E-state index >= 15 is 0 Å². The summed E-state index contributed by atoms with van der Waals surface area (Å²) in [4.78, 5) is 30.6. The number of aliphatic carboxylic acids is 1. The van der Waals surface area contributed by atoms with E-state index in [4.69, 9.17) is 14.6 Å². The summed E-state index contributed by atoms with van der Waals surface area (Å²) in [7, 11) is 0. The van der Waals surface area contributed by atoms with Crippen LogP contribution in [-0.2, 0) is 30.5 Å². The van der Waals surface area contributed by atoms with Gasteiger partial charge in [-0.2, -0.15) is 0 Å². The maximum Gasteiger partial charge on any atom is 0.333 e. The van der Waals surface area contributed by atoms with Gasteiger partial charge in [-0.1, -0.05) is 63.9 Å². The fraction of sp³-hybridized carbons (Fsp3) is 0.286. The molecule has 0 fully saturated rings. The molecule has 0 radical (unpaired) electrons. The summed E-state index contributed by atoms with van der Waals surface area (Å²) in [6, 6.07) is 9.51. The van der Waals surface area contributed by atoms with E-state index in [1.807, 2.05) is 44.2 Å². The largest absolute Gasteiger partial charge is 0.478 e. The monoisotopic (exact) mass is 376 g/mol. The zero-order valence-corrected chi connectivity index (χ0v) is 16.1. The quantitative estimate of drug-likeness (QED) is 0.573. The van der Waals surface area contributed by atoms with Crippen LogP contribution in [0.4, 0.5) is 0 Å². The Hall–Kier alpha value is -3.15. The third kappa shape index (κ3) is 19.0. The summed E-state index contributed by atoms with van der Waals surface area (Å²) < 4.78 is 9.65. The normalized spacial score (nSPS) is 8.74. The summed E-state index contributed by atoms with van der Waals surface area (Å²) in [5.74, 6) is -1.28. The van der Waals surface area contributed by atoms with Crippen molar-refractivity contribution in [1.82, 2.24) is 0 Å². The molecule has 6 nitrogen and oxygen atoms in total. The average Bonchev–Trinajstić information content (AvgIpc) is 2.65. The molecule has 1 aromatic rings. The molecule has 1 rings (SSSR count). The van der Waals surface area contributed by atoms with Gasteiger partial charge in [0, 0.05) is 17.7 Å². The number of benzene rings is 1. The number of carbonyl (C=O) groups excluding carboxylic acids is 2. The highest BCUT2D eigenvalue weighted by Gasteiger charge is 2.03. The molecule has 0 aromatic heterocycles. The molecule has 0 amide bonds. The number of carboxylic acid groups (broad SMARTS) is 1. The van der Waals surface area contributed by atoms with Crippen LogP contribution in [0.25, 0.3) is 0 Å². The molecular weight excluding hydrogens is 348 g/mol. The molecule has 0 heterocycles. The van der Waals surface area contributed by atoms with Gasteiger partial charge in [-0.3, -0.25) is 0 Å². The lowest BCUT2D eigenvalue weighted by Gasteiger charge is -2.05. The first kappa shape index (κ1) is 26.1. The molecule has 0 atom stereocenters. The van der Waals surface area contributed by atoms with Crippen LogP contribution in [0, 0.1) is 5.92 Å². The van der Waals surface area contributed by atoms with Crippen LogP contribution in [0.3, 0.4) is 0 Å². The zero-order valence-electron chi connectivity index (χ0n) is 16.1. The Morgan fingerprint density at radius 1 is 1.07 bits per heavy atom. The second-order valence-electron chi connectivity index (χ2n) is 5.61. The van der Waals surface area contributed by atoms with Crippen LogP contribution >= 0.6 is 0 Å². The number of hydrogen-bond acceptors (Lipinski definition) is 5. The van der Waals surface area contributed by atoms with Crippen molar-refractivity contribution >= 4 is 17.9 Å². The molecule has 6 heteroatoms. The molecule has 0 bridgehead atoms. The number of esters is 2. The number of carbonyl (C=O) groups is 3. The zero-order chi connectivity index (χ0) is 21.2. The van der Waals surface area contributed by atoms with Gasteiger partial charge >= 0.3 is 17.9 Å². The maximum absolute atomic E-state index is 10.7. The summed E-state index contributed by atoms with van der Waals surface area (Å²) in [6.07, 6.45) is 1.99. The van der Waals surface area contributed by atoms with Crippen LogP contribution in [-0.4, -0.2) is 29.6 Å². The number of hydrogen-bond donors (Lipinski definition) is 1. The van der Waals surface area contributed by atoms with Crippen molar-refractivity contribution in [3.8, 4) is 0 Å².